The van der Waals surface area contributed by atoms with Gasteiger partial charge in [0.1, 0.15) is 5.75 Å². The molecule has 1 aliphatic heterocycles. The highest BCUT2D eigenvalue weighted by Gasteiger charge is 2.28. The Kier molecular flexibility index (Phi) is 2.81. The molecule has 1 aliphatic carbocycles. The first kappa shape index (κ1) is 10.7. The average Bonchev–Trinajstić information content (AvgIpc) is 3.08. The molecule has 1 aromatic carbocycles. The zero-order valence-corrected chi connectivity index (χ0v) is 9.72. The van der Waals surface area contributed by atoms with Crippen LogP contribution in [0.5, 0.6) is 17.2 Å². The van der Waals surface area contributed by atoms with Gasteiger partial charge in [-0.15, -0.1) is 0 Å². The number of fused-ring (bicyclic) bond motifs is 1. The van der Waals surface area contributed by atoms with Crippen LogP contribution in [0.1, 0.15) is 19.3 Å². The van der Waals surface area contributed by atoms with E-state index in [1.165, 1.54) is 12.8 Å². The molecule has 0 amide bonds. The Labute approximate surface area is 101 Å². The molecule has 2 aliphatic rings. The fraction of sp³-hybridized carbons (Fsp3) is 0.538. The summed E-state index contributed by atoms with van der Waals surface area (Å²) < 4.78 is 16.2. The molecule has 0 bridgehead atoms. The number of benzene rings is 1. The van der Waals surface area contributed by atoms with Crippen LogP contribution in [0, 0.1) is 5.92 Å². The van der Waals surface area contributed by atoms with Crippen molar-refractivity contribution in [2.24, 2.45) is 11.7 Å². The van der Waals surface area contributed by atoms with Crippen LogP contribution in [-0.2, 0) is 0 Å². The van der Waals surface area contributed by atoms with Crippen molar-refractivity contribution in [3.8, 4) is 17.2 Å². The van der Waals surface area contributed by atoms with Gasteiger partial charge in [-0.2, -0.15) is 0 Å². The molecule has 3 rings (SSSR count). The highest BCUT2D eigenvalue weighted by Crippen LogP contribution is 2.35. The lowest BCUT2D eigenvalue weighted by Gasteiger charge is -2.11. The van der Waals surface area contributed by atoms with E-state index in [4.69, 9.17) is 19.9 Å². The van der Waals surface area contributed by atoms with Crippen LogP contribution in [0.2, 0.25) is 0 Å². The molecule has 0 spiro atoms. The summed E-state index contributed by atoms with van der Waals surface area (Å²) in [5.74, 6) is 3.09. The van der Waals surface area contributed by atoms with Crippen LogP contribution in [0.15, 0.2) is 18.2 Å². The third-order valence-electron chi connectivity index (χ3n) is 3.29. The van der Waals surface area contributed by atoms with E-state index in [-0.39, 0.29) is 0 Å². The minimum absolute atomic E-state index is 0.295. The molecule has 1 unspecified atom stereocenters. The molecular weight excluding hydrogens is 218 g/mol. The van der Waals surface area contributed by atoms with Crippen molar-refractivity contribution in [1.82, 2.24) is 0 Å². The highest BCUT2D eigenvalue weighted by atomic mass is 16.7. The second-order valence-corrected chi connectivity index (χ2v) is 4.65. The summed E-state index contributed by atoms with van der Waals surface area (Å²) in [6.07, 6.45) is 3.48. The Bertz CT molecular complexity index is 404. The minimum atomic E-state index is 0.295. The Balaban J connectivity index is 1.51. The van der Waals surface area contributed by atoms with Gasteiger partial charge in [-0.3, -0.25) is 0 Å². The van der Waals surface area contributed by atoms with Crippen LogP contribution < -0.4 is 19.9 Å². The van der Waals surface area contributed by atoms with Gasteiger partial charge in [0, 0.05) is 12.1 Å². The van der Waals surface area contributed by atoms with Crippen LogP contribution in [-0.4, -0.2) is 19.4 Å². The standard InChI is InChI=1S/C13H17NO3/c14-11(9-1-2-9)5-6-15-10-3-4-12-13(7-10)17-8-16-12/h3-4,7,9,11H,1-2,5-6,8,14H2. The van der Waals surface area contributed by atoms with Crippen molar-refractivity contribution < 1.29 is 14.2 Å². The summed E-state index contributed by atoms with van der Waals surface area (Å²) >= 11 is 0. The van der Waals surface area contributed by atoms with E-state index in [2.05, 4.69) is 0 Å². The first-order valence-electron chi connectivity index (χ1n) is 6.11. The summed E-state index contributed by atoms with van der Waals surface area (Å²) in [6.45, 7) is 0.961. The molecule has 4 heteroatoms. The van der Waals surface area contributed by atoms with E-state index in [0.29, 0.717) is 19.4 Å². The molecule has 1 heterocycles. The quantitative estimate of drug-likeness (QED) is 0.847. The SMILES string of the molecule is NC(CCOc1ccc2c(c1)OCO2)C1CC1. The number of hydrogen-bond acceptors (Lipinski definition) is 4. The van der Waals surface area contributed by atoms with Gasteiger partial charge in [0.25, 0.3) is 0 Å². The fourth-order valence-corrected chi connectivity index (χ4v) is 2.04. The van der Waals surface area contributed by atoms with Crippen molar-refractivity contribution in [3.63, 3.8) is 0 Å². The lowest BCUT2D eigenvalue weighted by molar-refractivity contribution is 0.173. The molecule has 4 nitrogen and oxygen atoms in total. The Morgan fingerprint density at radius 3 is 2.94 bits per heavy atom. The zero-order chi connectivity index (χ0) is 11.7. The Morgan fingerprint density at radius 1 is 1.29 bits per heavy atom. The summed E-state index contributed by atoms with van der Waals surface area (Å²) in [5, 5.41) is 0. The molecule has 0 aromatic heterocycles. The molecule has 17 heavy (non-hydrogen) atoms. The van der Waals surface area contributed by atoms with Crippen LogP contribution in [0.4, 0.5) is 0 Å². The average molecular weight is 235 g/mol. The van der Waals surface area contributed by atoms with Gasteiger partial charge in [-0.25, -0.2) is 0 Å². The normalized spacial score (nSPS) is 19.1. The first-order valence-corrected chi connectivity index (χ1v) is 6.11. The monoisotopic (exact) mass is 235 g/mol. The zero-order valence-electron chi connectivity index (χ0n) is 9.72. The summed E-state index contributed by atoms with van der Waals surface area (Å²) in [5.41, 5.74) is 6.01. The maximum Gasteiger partial charge on any atom is 0.231 e. The van der Waals surface area contributed by atoms with Crippen LogP contribution >= 0.6 is 0 Å². The van der Waals surface area contributed by atoms with Gasteiger partial charge in [-0.1, -0.05) is 0 Å². The molecule has 1 fully saturated rings. The van der Waals surface area contributed by atoms with Gasteiger partial charge in [-0.05, 0) is 37.3 Å². The molecule has 1 aromatic rings. The molecule has 1 atom stereocenters. The van der Waals surface area contributed by atoms with Gasteiger partial charge in [0.2, 0.25) is 6.79 Å². The van der Waals surface area contributed by atoms with Crippen molar-refractivity contribution in [2.45, 2.75) is 25.3 Å². The van der Waals surface area contributed by atoms with E-state index in [1.807, 2.05) is 18.2 Å². The van der Waals surface area contributed by atoms with E-state index >= 15 is 0 Å². The maximum atomic E-state index is 6.01. The Hall–Kier alpha value is -1.42. The van der Waals surface area contributed by atoms with Crippen LogP contribution in [0.25, 0.3) is 0 Å². The molecule has 2 N–H and O–H groups in total. The van der Waals surface area contributed by atoms with E-state index in [9.17, 15) is 0 Å². The number of ether oxygens (including phenoxy) is 3. The second-order valence-electron chi connectivity index (χ2n) is 4.65. The highest BCUT2D eigenvalue weighted by molar-refractivity contribution is 5.46. The topological polar surface area (TPSA) is 53.7 Å². The number of nitrogens with two attached hydrogens (primary N) is 1. The van der Waals surface area contributed by atoms with Gasteiger partial charge in [0.05, 0.1) is 6.61 Å². The summed E-state index contributed by atoms with van der Waals surface area (Å²) in [7, 11) is 0. The van der Waals surface area contributed by atoms with Gasteiger partial charge in [0.15, 0.2) is 11.5 Å². The molecule has 1 saturated carbocycles. The third kappa shape index (κ3) is 2.47. The molecular formula is C13H17NO3. The van der Waals surface area contributed by atoms with E-state index < -0.39 is 0 Å². The first-order chi connectivity index (χ1) is 8.33. The lowest BCUT2D eigenvalue weighted by Crippen LogP contribution is -2.24. The fourth-order valence-electron chi connectivity index (χ4n) is 2.04. The minimum Gasteiger partial charge on any atom is -0.493 e. The second kappa shape index (κ2) is 4.45. The predicted molar refractivity (Wildman–Crippen MR) is 63.4 cm³/mol. The predicted octanol–water partition coefficient (Wildman–Crippen LogP) is 1.92. The van der Waals surface area contributed by atoms with E-state index in [0.717, 1.165) is 29.6 Å². The van der Waals surface area contributed by atoms with Crippen molar-refractivity contribution in [1.29, 1.82) is 0 Å². The van der Waals surface area contributed by atoms with E-state index in [1.54, 1.807) is 0 Å². The number of hydrogen-bond donors (Lipinski definition) is 1. The molecule has 0 saturated heterocycles. The largest absolute Gasteiger partial charge is 0.493 e. The summed E-state index contributed by atoms with van der Waals surface area (Å²) in [6, 6.07) is 5.93. The third-order valence-corrected chi connectivity index (χ3v) is 3.29. The Morgan fingerprint density at radius 2 is 2.12 bits per heavy atom. The lowest BCUT2D eigenvalue weighted by atomic mass is 10.1. The summed E-state index contributed by atoms with van der Waals surface area (Å²) in [4.78, 5) is 0. The smallest absolute Gasteiger partial charge is 0.231 e. The van der Waals surface area contributed by atoms with Crippen LogP contribution in [0.3, 0.4) is 0 Å². The van der Waals surface area contributed by atoms with Crippen molar-refractivity contribution >= 4 is 0 Å². The maximum absolute atomic E-state index is 6.01. The van der Waals surface area contributed by atoms with Crippen molar-refractivity contribution in [2.75, 3.05) is 13.4 Å². The molecule has 0 radical (unpaired) electrons. The van der Waals surface area contributed by atoms with Gasteiger partial charge >= 0.3 is 0 Å². The van der Waals surface area contributed by atoms with Crippen molar-refractivity contribution in [3.05, 3.63) is 18.2 Å². The number of rotatable bonds is 5. The molecule has 92 valence electrons. The van der Waals surface area contributed by atoms with Gasteiger partial charge < -0.3 is 19.9 Å².